The first-order valence-electron chi connectivity index (χ1n) is 8.19. The smallest absolute Gasteiger partial charge is 0.328 e. The van der Waals surface area contributed by atoms with Gasteiger partial charge in [-0.2, -0.15) is 0 Å². The van der Waals surface area contributed by atoms with Crippen LogP contribution in [0.2, 0.25) is 5.02 Å². The zero-order valence-corrected chi connectivity index (χ0v) is 15.0. The van der Waals surface area contributed by atoms with Gasteiger partial charge >= 0.3 is 5.97 Å². The highest BCUT2D eigenvalue weighted by Gasteiger charge is 2.23. The normalized spacial score (nSPS) is 11.8. The molecule has 3 aromatic rings. The van der Waals surface area contributed by atoms with E-state index in [0.29, 0.717) is 10.6 Å². The minimum absolute atomic E-state index is 0.256. The topological polar surface area (TPSA) is 55.4 Å². The number of esters is 1. The Kier molecular flexibility index (Phi) is 5.54. The number of halogens is 1. The Hall–Kier alpha value is -2.85. The van der Waals surface area contributed by atoms with Crippen LogP contribution in [-0.4, -0.2) is 25.0 Å². The summed E-state index contributed by atoms with van der Waals surface area (Å²) in [5, 5.41) is 5.30. The van der Waals surface area contributed by atoms with E-state index in [1.165, 1.54) is 7.11 Å². The number of nitrogens with one attached hydrogen (secondary N) is 1. The van der Waals surface area contributed by atoms with Crippen molar-refractivity contribution in [1.82, 2.24) is 5.32 Å². The third kappa shape index (κ3) is 4.03. The molecular weight excluding hydrogens is 350 g/mol. The molecular formula is C21H18ClNO3. The lowest BCUT2D eigenvalue weighted by atomic mass is 10.0. The quantitative estimate of drug-likeness (QED) is 0.693. The molecule has 0 bridgehead atoms. The lowest BCUT2D eigenvalue weighted by Crippen LogP contribution is -2.43. The zero-order chi connectivity index (χ0) is 18.5. The number of hydrogen-bond acceptors (Lipinski definition) is 3. The lowest BCUT2D eigenvalue weighted by molar-refractivity contribution is -0.142. The SMILES string of the molecule is COC(=O)[C@@H](Cc1ccccc1Cl)NC(=O)c1ccc2ccccc2c1. The Labute approximate surface area is 156 Å². The highest BCUT2D eigenvalue weighted by atomic mass is 35.5. The van der Waals surface area contributed by atoms with Gasteiger partial charge in [-0.15, -0.1) is 0 Å². The van der Waals surface area contributed by atoms with Crippen LogP contribution in [0.5, 0.6) is 0 Å². The summed E-state index contributed by atoms with van der Waals surface area (Å²) in [5.74, 6) is -0.850. The number of benzene rings is 3. The monoisotopic (exact) mass is 367 g/mol. The van der Waals surface area contributed by atoms with Gasteiger partial charge in [-0.3, -0.25) is 4.79 Å². The highest BCUT2D eigenvalue weighted by molar-refractivity contribution is 6.31. The predicted octanol–water partition coefficient (Wildman–Crippen LogP) is 4.01. The molecule has 0 saturated carbocycles. The second kappa shape index (κ2) is 8.02. The fourth-order valence-corrected chi connectivity index (χ4v) is 3.00. The number of ether oxygens (including phenoxy) is 1. The van der Waals surface area contributed by atoms with Crippen molar-refractivity contribution in [2.24, 2.45) is 0 Å². The van der Waals surface area contributed by atoms with Gasteiger partial charge in [-0.25, -0.2) is 4.79 Å². The summed E-state index contributed by atoms with van der Waals surface area (Å²) in [6, 6.07) is 19.6. The van der Waals surface area contributed by atoms with Crippen molar-refractivity contribution in [2.45, 2.75) is 12.5 Å². The summed E-state index contributed by atoms with van der Waals surface area (Å²) in [6.07, 6.45) is 0.256. The maximum atomic E-state index is 12.6. The van der Waals surface area contributed by atoms with E-state index in [1.54, 1.807) is 18.2 Å². The van der Waals surface area contributed by atoms with Crippen molar-refractivity contribution in [3.8, 4) is 0 Å². The molecule has 0 saturated heterocycles. The Morgan fingerprint density at radius 1 is 1.00 bits per heavy atom. The van der Waals surface area contributed by atoms with E-state index >= 15 is 0 Å². The first-order valence-corrected chi connectivity index (χ1v) is 8.57. The summed E-state index contributed by atoms with van der Waals surface area (Å²) < 4.78 is 4.83. The second-order valence-electron chi connectivity index (χ2n) is 5.91. The molecule has 0 unspecified atom stereocenters. The first-order chi connectivity index (χ1) is 12.6. The van der Waals surface area contributed by atoms with Gasteiger partial charge in [0.25, 0.3) is 5.91 Å². The van der Waals surface area contributed by atoms with Crippen LogP contribution in [0.4, 0.5) is 0 Å². The van der Waals surface area contributed by atoms with E-state index in [2.05, 4.69) is 5.32 Å². The van der Waals surface area contributed by atoms with Gasteiger partial charge in [-0.05, 0) is 34.5 Å². The summed E-state index contributed by atoms with van der Waals surface area (Å²) in [5.41, 5.74) is 1.25. The average Bonchev–Trinajstić information content (AvgIpc) is 2.68. The summed E-state index contributed by atoms with van der Waals surface area (Å²) in [7, 11) is 1.30. The molecule has 1 atom stereocenters. The van der Waals surface area contributed by atoms with Crippen LogP contribution in [0.15, 0.2) is 66.7 Å². The largest absolute Gasteiger partial charge is 0.467 e. The molecule has 132 valence electrons. The maximum absolute atomic E-state index is 12.6. The number of carbonyl (C=O) groups excluding carboxylic acids is 2. The minimum Gasteiger partial charge on any atom is -0.467 e. The predicted molar refractivity (Wildman–Crippen MR) is 102 cm³/mol. The zero-order valence-electron chi connectivity index (χ0n) is 14.2. The van der Waals surface area contributed by atoms with E-state index in [4.69, 9.17) is 16.3 Å². The molecule has 1 amide bonds. The van der Waals surface area contributed by atoms with Gasteiger partial charge in [0.15, 0.2) is 0 Å². The molecule has 3 rings (SSSR count). The molecule has 0 heterocycles. The van der Waals surface area contributed by atoms with Crippen LogP contribution >= 0.6 is 11.6 Å². The van der Waals surface area contributed by atoms with Crippen LogP contribution in [0, 0.1) is 0 Å². The van der Waals surface area contributed by atoms with Crippen LogP contribution in [-0.2, 0) is 16.0 Å². The van der Waals surface area contributed by atoms with E-state index in [9.17, 15) is 9.59 Å². The molecule has 0 radical (unpaired) electrons. The van der Waals surface area contributed by atoms with Gasteiger partial charge in [-0.1, -0.05) is 60.1 Å². The number of carbonyl (C=O) groups is 2. The summed E-state index contributed by atoms with van der Waals surface area (Å²) >= 11 is 6.17. The highest BCUT2D eigenvalue weighted by Crippen LogP contribution is 2.18. The number of rotatable bonds is 5. The van der Waals surface area contributed by atoms with Gasteiger partial charge in [0.1, 0.15) is 6.04 Å². The van der Waals surface area contributed by atoms with Gasteiger partial charge in [0, 0.05) is 17.0 Å². The van der Waals surface area contributed by atoms with Crippen molar-refractivity contribution in [3.05, 3.63) is 82.9 Å². The van der Waals surface area contributed by atoms with E-state index in [0.717, 1.165) is 16.3 Å². The average molecular weight is 368 g/mol. The number of hydrogen-bond donors (Lipinski definition) is 1. The Morgan fingerprint density at radius 3 is 2.42 bits per heavy atom. The Bertz CT molecular complexity index is 955. The Morgan fingerprint density at radius 2 is 1.69 bits per heavy atom. The number of amides is 1. The van der Waals surface area contributed by atoms with Crippen molar-refractivity contribution in [2.75, 3.05) is 7.11 Å². The maximum Gasteiger partial charge on any atom is 0.328 e. The Balaban J connectivity index is 1.82. The van der Waals surface area contributed by atoms with Crippen LogP contribution in [0.1, 0.15) is 15.9 Å². The minimum atomic E-state index is -0.820. The summed E-state index contributed by atoms with van der Waals surface area (Å²) in [4.78, 5) is 24.8. The van der Waals surface area contributed by atoms with Crippen molar-refractivity contribution in [1.29, 1.82) is 0 Å². The van der Waals surface area contributed by atoms with Crippen molar-refractivity contribution < 1.29 is 14.3 Å². The van der Waals surface area contributed by atoms with Crippen LogP contribution < -0.4 is 5.32 Å². The van der Waals surface area contributed by atoms with Gasteiger partial charge in [0.05, 0.1) is 7.11 Å². The molecule has 0 aliphatic heterocycles. The molecule has 0 aromatic heterocycles. The standard InChI is InChI=1S/C21H18ClNO3/c1-26-21(25)19(13-16-8-4-5-9-18(16)22)23-20(24)17-11-10-14-6-2-3-7-15(14)12-17/h2-12,19H,13H2,1H3,(H,23,24)/t19-/m1/s1. The molecule has 1 N–H and O–H groups in total. The molecule has 0 spiro atoms. The van der Waals surface area contributed by atoms with E-state index in [1.807, 2.05) is 48.5 Å². The molecule has 0 fully saturated rings. The third-order valence-electron chi connectivity index (χ3n) is 4.18. The third-order valence-corrected chi connectivity index (χ3v) is 4.55. The molecule has 26 heavy (non-hydrogen) atoms. The molecule has 0 aliphatic rings. The van der Waals surface area contributed by atoms with Crippen molar-refractivity contribution in [3.63, 3.8) is 0 Å². The molecule has 3 aromatic carbocycles. The molecule has 5 heteroatoms. The fraction of sp³-hybridized carbons (Fsp3) is 0.143. The van der Waals surface area contributed by atoms with Crippen LogP contribution in [0.25, 0.3) is 10.8 Å². The van der Waals surface area contributed by atoms with E-state index < -0.39 is 12.0 Å². The fourth-order valence-electron chi connectivity index (χ4n) is 2.79. The van der Waals surface area contributed by atoms with Gasteiger partial charge < -0.3 is 10.1 Å². The van der Waals surface area contributed by atoms with E-state index in [-0.39, 0.29) is 12.3 Å². The number of methoxy groups -OCH3 is 1. The molecule has 0 aliphatic carbocycles. The molecule has 4 nitrogen and oxygen atoms in total. The summed E-state index contributed by atoms with van der Waals surface area (Å²) in [6.45, 7) is 0. The van der Waals surface area contributed by atoms with Gasteiger partial charge in [0.2, 0.25) is 0 Å². The second-order valence-corrected chi connectivity index (χ2v) is 6.31. The lowest BCUT2D eigenvalue weighted by Gasteiger charge is -2.17. The van der Waals surface area contributed by atoms with Crippen LogP contribution in [0.3, 0.4) is 0 Å². The first kappa shape index (κ1) is 18.0. The number of fused-ring (bicyclic) bond motifs is 1. The van der Waals surface area contributed by atoms with Crippen molar-refractivity contribution >= 4 is 34.2 Å².